The summed E-state index contributed by atoms with van der Waals surface area (Å²) in [5.41, 5.74) is 5.47. The van der Waals surface area contributed by atoms with E-state index >= 15 is 0 Å². The Morgan fingerprint density at radius 3 is 2.50 bits per heavy atom. The molecule has 0 fully saturated rings. The zero-order chi connectivity index (χ0) is 11.0. The van der Waals surface area contributed by atoms with Crippen molar-refractivity contribution in [3.63, 3.8) is 0 Å². The molecule has 0 aromatic carbocycles. The minimum absolute atomic E-state index is 0.594. The largest absolute Gasteiger partial charge is 0.393 e. The summed E-state index contributed by atoms with van der Waals surface area (Å²) >= 11 is 4.86. The maximum absolute atomic E-state index is 5.47. The van der Waals surface area contributed by atoms with Crippen molar-refractivity contribution in [2.75, 3.05) is 33.4 Å². The third-order valence-electron chi connectivity index (χ3n) is 1.91. The van der Waals surface area contributed by atoms with E-state index in [1.54, 1.807) is 7.11 Å². The lowest BCUT2D eigenvalue weighted by Gasteiger charge is -2.23. The first-order chi connectivity index (χ1) is 6.56. The maximum Gasteiger partial charge on any atom is 0.0740 e. The Morgan fingerprint density at radius 2 is 2.07 bits per heavy atom. The number of methoxy groups -OCH3 is 1. The standard InChI is InChI=1S/C10H22N2OS/c1-9(2)8-12(6-7-13-3)5-4-10(11)14/h9H,4-8H2,1-3H3,(H2,11,14). The number of ether oxygens (including phenoxy) is 1. The number of hydrogen-bond donors (Lipinski definition) is 1. The summed E-state index contributed by atoms with van der Waals surface area (Å²) in [6.07, 6.45) is 0.797. The highest BCUT2D eigenvalue weighted by atomic mass is 32.1. The van der Waals surface area contributed by atoms with E-state index in [2.05, 4.69) is 18.7 Å². The van der Waals surface area contributed by atoms with Gasteiger partial charge in [0.15, 0.2) is 0 Å². The van der Waals surface area contributed by atoms with Crippen LogP contribution in [-0.4, -0.2) is 43.2 Å². The van der Waals surface area contributed by atoms with E-state index in [-0.39, 0.29) is 0 Å². The molecular weight excluding hydrogens is 196 g/mol. The topological polar surface area (TPSA) is 38.5 Å². The van der Waals surface area contributed by atoms with Gasteiger partial charge in [0, 0.05) is 33.2 Å². The molecule has 0 bridgehead atoms. The second-order valence-corrected chi connectivity index (χ2v) is 4.43. The van der Waals surface area contributed by atoms with Crippen molar-refractivity contribution in [2.45, 2.75) is 20.3 Å². The van der Waals surface area contributed by atoms with Crippen molar-refractivity contribution >= 4 is 17.2 Å². The quantitative estimate of drug-likeness (QED) is 0.623. The van der Waals surface area contributed by atoms with Gasteiger partial charge in [-0.15, -0.1) is 0 Å². The Kier molecular flexibility index (Phi) is 8.04. The summed E-state index contributed by atoms with van der Waals surface area (Å²) in [7, 11) is 1.72. The van der Waals surface area contributed by atoms with Crippen molar-refractivity contribution < 1.29 is 4.74 Å². The predicted molar refractivity (Wildman–Crippen MR) is 64.6 cm³/mol. The molecule has 0 heterocycles. The highest BCUT2D eigenvalue weighted by Gasteiger charge is 2.06. The highest BCUT2D eigenvalue weighted by molar-refractivity contribution is 7.80. The van der Waals surface area contributed by atoms with Gasteiger partial charge < -0.3 is 15.4 Å². The van der Waals surface area contributed by atoms with Gasteiger partial charge in [0.2, 0.25) is 0 Å². The van der Waals surface area contributed by atoms with Gasteiger partial charge in [-0.1, -0.05) is 26.1 Å². The fourth-order valence-electron chi connectivity index (χ4n) is 1.30. The van der Waals surface area contributed by atoms with Crippen LogP contribution in [0.5, 0.6) is 0 Å². The van der Waals surface area contributed by atoms with Gasteiger partial charge >= 0.3 is 0 Å². The van der Waals surface area contributed by atoms with E-state index in [9.17, 15) is 0 Å². The third kappa shape index (κ3) is 8.41. The van der Waals surface area contributed by atoms with Crippen LogP contribution in [0.3, 0.4) is 0 Å². The molecule has 0 unspecified atom stereocenters. The van der Waals surface area contributed by atoms with Crippen molar-refractivity contribution in [1.82, 2.24) is 4.90 Å². The molecule has 0 radical (unpaired) electrons. The minimum Gasteiger partial charge on any atom is -0.393 e. The molecule has 0 rings (SSSR count). The van der Waals surface area contributed by atoms with Crippen LogP contribution in [0.4, 0.5) is 0 Å². The molecular formula is C10H22N2OS. The molecule has 4 heteroatoms. The molecule has 0 aliphatic heterocycles. The second kappa shape index (κ2) is 8.15. The molecule has 0 aliphatic carbocycles. The van der Waals surface area contributed by atoms with Gasteiger partial charge in [-0.25, -0.2) is 0 Å². The van der Waals surface area contributed by atoms with E-state index in [0.29, 0.717) is 10.9 Å². The van der Waals surface area contributed by atoms with Gasteiger partial charge in [-0.3, -0.25) is 0 Å². The van der Waals surface area contributed by atoms with Crippen molar-refractivity contribution in [3.8, 4) is 0 Å². The summed E-state index contributed by atoms with van der Waals surface area (Å²) < 4.78 is 5.05. The van der Waals surface area contributed by atoms with Gasteiger partial charge in [-0.05, 0) is 5.92 Å². The Balaban J connectivity index is 3.77. The Morgan fingerprint density at radius 1 is 1.43 bits per heavy atom. The van der Waals surface area contributed by atoms with Crippen LogP contribution in [0.2, 0.25) is 0 Å². The average molecular weight is 218 g/mol. The normalized spacial score (nSPS) is 11.2. The van der Waals surface area contributed by atoms with E-state index in [4.69, 9.17) is 22.7 Å². The van der Waals surface area contributed by atoms with Gasteiger partial charge in [0.25, 0.3) is 0 Å². The van der Waals surface area contributed by atoms with Crippen LogP contribution in [-0.2, 0) is 4.74 Å². The number of thiocarbonyl (C=S) groups is 1. The van der Waals surface area contributed by atoms with E-state index in [1.807, 2.05) is 0 Å². The summed E-state index contributed by atoms with van der Waals surface area (Å²) in [5, 5.41) is 0. The molecule has 84 valence electrons. The zero-order valence-corrected chi connectivity index (χ0v) is 10.3. The van der Waals surface area contributed by atoms with E-state index < -0.39 is 0 Å². The SMILES string of the molecule is COCCN(CCC(N)=S)CC(C)C. The van der Waals surface area contributed by atoms with Gasteiger partial charge in [0.05, 0.1) is 11.6 Å². The number of nitrogens with zero attached hydrogens (tertiary/aromatic N) is 1. The molecule has 2 N–H and O–H groups in total. The van der Waals surface area contributed by atoms with Crippen LogP contribution >= 0.6 is 12.2 Å². The van der Waals surface area contributed by atoms with Gasteiger partial charge in [0.1, 0.15) is 0 Å². The van der Waals surface area contributed by atoms with Crippen LogP contribution in [0.1, 0.15) is 20.3 Å². The summed E-state index contributed by atoms with van der Waals surface area (Å²) in [4.78, 5) is 2.93. The van der Waals surface area contributed by atoms with E-state index in [1.165, 1.54) is 0 Å². The first-order valence-corrected chi connectivity index (χ1v) is 5.46. The molecule has 0 saturated carbocycles. The molecule has 0 aliphatic rings. The summed E-state index contributed by atoms with van der Waals surface area (Å²) in [6, 6.07) is 0. The molecule has 0 spiro atoms. The fourth-order valence-corrected chi connectivity index (χ4v) is 1.39. The summed E-state index contributed by atoms with van der Waals surface area (Å²) in [5.74, 6) is 0.665. The monoisotopic (exact) mass is 218 g/mol. The van der Waals surface area contributed by atoms with Crippen molar-refractivity contribution in [3.05, 3.63) is 0 Å². The lowest BCUT2D eigenvalue weighted by Crippen LogP contribution is -2.33. The predicted octanol–water partition coefficient (Wildman–Crippen LogP) is 1.27. The molecule has 0 atom stereocenters. The van der Waals surface area contributed by atoms with Crippen LogP contribution < -0.4 is 5.73 Å². The average Bonchev–Trinajstić information content (AvgIpc) is 2.09. The van der Waals surface area contributed by atoms with Crippen LogP contribution in [0.15, 0.2) is 0 Å². The van der Waals surface area contributed by atoms with Gasteiger partial charge in [-0.2, -0.15) is 0 Å². The summed E-state index contributed by atoms with van der Waals surface area (Å²) in [6.45, 7) is 8.16. The van der Waals surface area contributed by atoms with Crippen LogP contribution in [0.25, 0.3) is 0 Å². The smallest absolute Gasteiger partial charge is 0.0740 e. The number of hydrogen-bond acceptors (Lipinski definition) is 3. The van der Waals surface area contributed by atoms with E-state index in [0.717, 1.165) is 32.7 Å². The Bertz CT molecular complexity index is 162. The molecule has 0 amide bonds. The Labute approximate surface area is 92.6 Å². The van der Waals surface area contributed by atoms with Crippen molar-refractivity contribution in [1.29, 1.82) is 0 Å². The minimum atomic E-state index is 0.594. The maximum atomic E-state index is 5.47. The molecule has 0 aromatic heterocycles. The lowest BCUT2D eigenvalue weighted by atomic mass is 10.2. The molecule has 14 heavy (non-hydrogen) atoms. The zero-order valence-electron chi connectivity index (χ0n) is 9.45. The molecule has 0 saturated heterocycles. The van der Waals surface area contributed by atoms with Crippen LogP contribution in [0, 0.1) is 5.92 Å². The first-order valence-electron chi connectivity index (χ1n) is 5.05. The van der Waals surface area contributed by atoms with Crippen molar-refractivity contribution in [2.24, 2.45) is 11.7 Å². The third-order valence-corrected chi connectivity index (χ3v) is 2.11. The highest BCUT2D eigenvalue weighted by Crippen LogP contribution is 1.99. The Hall–Kier alpha value is -0.190. The fraction of sp³-hybridized carbons (Fsp3) is 0.900. The number of rotatable bonds is 8. The first kappa shape index (κ1) is 13.8. The molecule has 3 nitrogen and oxygen atoms in total. The second-order valence-electron chi connectivity index (χ2n) is 3.90. The molecule has 0 aromatic rings. The lowest BCUT2D eigenvalue weighted by molar-refractivity contribution is 0.142. The number of nitrogens with two attached hydrogens (primary N) is 1.